The minimum absolute atomic E-state index is 0.0811. The van der Waals surface area contributed by atoms with Crippen molar-refractivity contribution in [2.75, 3.05) is 33.4 Å². The summed E-state index contributed by atoms with van der Waals surface area (Å²) in [5, 5.41) is 10.7. The Labute approximate surface area is 214 Å². The number of benzene rings is 2. The van der Waals surface area contributed by atoms with Gasteiger partial charge in [0.05, 0.1) is 18.0 Å². The smallest absolute Gasteiger partial charge is 0.309 e. The fraction of sp³-hybridized carbons (Fsp3) is 0.429. The summed E-state index contributed by atoms with van der Waals surface area (Å²) < 4.78 is 53.1. The third-order valence-corrected chi connectivity index (χ3v) is 7.28. The molecule has 0 aliphatic carbocycles. The Balaban J connectivity index is 1.37. The van der Waals surface area contributed by atoms with Crippen LogP contribution in [0.4, 0.5) is 13.2 Å². The zero-order valence-corrected chi connectivity index (χ0v) is 21.0. The van der Waals surface area contributed by atoms with Gasteiger partial charge in [-0.15, -0.1) is 0 Å². The van der Waals surface area contributed by atoms with E-state index in [0.29, 0.717) is 60.3 Å². The molecule has 9 heteroatoms. The van der Waals surface area contributed by atoms with Crippen LogP contribution >= 0.6 is 0 Å². The standard InChI is InChI=1S/C28H31F3N2O4/c1-18-17-32-25-4-3-21(36-2)16-23(25)26(18)24(31)5-6-28(27(34)35)7-9-33(10-8-28)11-12-37-22-14-19(29)13-20(30)15-22/h3-4,13-17,24H,5-12H2,1-2H3,(H,34,35). The van der Waals surface area contributed by atoms with Gasteiger partial charge in [0.15, 0.2) is 0 Å². The number of fused-ring (bicyclic) bond motifs is 1. The fourth-order valence-electron chi connectivity index (χ4n) is 5.06. The molecule has 1 fully saturated rings. The summed E-state index contributed by atoms with van der Waals surface area (Å²) in [4.78, 5) is 18.7. The quantitative estimate of drug-likeness (QED) is 0.364. The Kier molecular flexibility index (Phi) is 8.22. The van der Waals surface area contributed by atoms with Gasteiger partial charge in [0.25, 0.3) is 0 Å². The first-order chi connectivity index (χ1) is 17.7. The molecule has 3 aromatic rings. The molecule has 1 aromatic heterocycles. The molecule has 1 unspecified atom stereocenters. The average Bonchev–Trinajstić information content (AvgIpc) is 2.87. The topological polar surface area (TPSA) is 71.9 Å². The summed E-state index contributed by atoms with van der Waals surface area (Å²) in [5.41, 5.74) is 0.883. The number of likely N-dealkylation sites (tertiary alicyclic amines) is 1. The minimum atomic E-state index is -1.34. The van der Waals surface area contributed by atoms with Crippen molar-refractivity contribution in [3.05, 3.63) is 65.4 Å². The number of aliphatic carboxylic acids is 1. The maximum atomic E-state index is 15.7. The molecule has 37 heavy (non-hydrogen) atoms. The van der Waals surface area contributed by atoms with Gasteiger partial charge in [-0.2, -0.15) is 0 Å². The number of alkyl halides is 1. The van der Waals surface area contributed by atoms with E-state index >= 15 is 4.39 Å². The normalized spacial score (nSPS) is 16.5. The van der Waals surface area contributed by atoms with Crippen LogP contribution in [0.2, 0.25) is 0 Å². The van der Waals surface area contributed by atoms with E-state index in [9.17, 15) is 18.7 Å². The summed E-state index contributed by atoms with van der Waals surface area (Å²) in [6, 6.07) is 8.34. The van der Waals surface area contributed by atoms with Crippen LogP contribution < -0.4 is 9.47 Å². The highest BCUT2D eigenvalue weighted by atomic mass is 19.1. The Morgan fingerprint density at radius 2 is 1.84 bits per heavy atom. The Morgan fingerprint density at radius 3 is 2.49 bits per heavy atom. The van der Waals surface area contributed by atoms with Crippen molar-refractivity contribution in [2.45, 2.75) is 38.8 Å². The number of carbonyl (C=O) groups is 1. The summed E-state index contributed by atoms with van der Waals surface area (Å²) in [7, 11) is 1.55. The second-order valence-electron chi connectivity index (χ2n) is 9.62. The first kappa shape index (κ1) is 26.7. The molecule has 0 spiro atoms. The molecule has 0 amide bonds. The van der Waals surface area contributed by atoms with E-state index in [-0.39, 0.29) is 25.2 Å². The fourth-order valence-corrected chi connectivity index (χ4v) is 5.06. The number of nitrogens with zero attached hydrogens (tertiary/aromatic N) is 2. The van der Waals surface area contributed by atoms with Crippen LogP contribution in [0, 0.1) is 24.0 Å². The molecular formula is C28H31F3N2O4. The summed E-state index contributed by atoms with van der Waals surface area (Å²) in [6.45, 7) is 3.54. The lowest BCUT2D eigenvalue weighted by Gasteiger charge is -2.39. The lowest BCUT2D eigenvalue weighted by molar-refractivity contribution is -0.153. The largest absolute Gasteiger partial charge is 0.497 e. The zero-order valence-electron chi connectivity index (χ0n) is 21.0. The maximum Gasteiger partial charge on any atom is 0.309 e. The van der Waals surface area contributed by atoms with Crippen LogP contribution in [-0.4, -0.2) is 54.3 Å². The van der Waals surface area contributed by atoms with E-state index in [1.165, 1.54) is 0 Å². The van der Waals surface area contributed by atoms with Gasteiger partial charge in [-0.05, 0) is 75.0 Å². The minimum Gasteiger partial charge on any atom is -0.497 e. The molecule has 2 aromatic carbocycles. The molecule has 1 N–H and O–H groups in total. The number of aryl methyl sites for hydroxylation is 1. The van der Waals surface area contributed by atoms with E-state index in [4.69, 9.17) is 9.47 Å². The van der Waals surface area contributed by atoms with Crippen molar-refractivity contribution in [2.24, 2.45) is 5.41 Å². The van der Waals surface area contributed by atoms with E-state index < -0.39 is 29.2 Å². The molecule has 198 valence electrons. The second-order valence-corrected chi connectivity index (χ2v) is 9.62. The van der Waals surface area contributed by atoms with Crippen molar-refractivity contribution < 1.29 is 32.5 Å². The van der Waals surface area contributed by atoms with E-state index in [0.717, 1.165) is 18.2 Å². The van der Waals surface area contributed by atoms with Crippen molar-refractivity contribution >= 4 is 16.9 Å². The van der Waals surface area contributed by atoms with Gasteiger partial charge in [0.2, 0.25) is 0 Å². The van der Waals surface area contributed by atoms with Gasteiger partial charge in [0, 0.05) is 36.3 Å². The lowest BCUT2D eigenvalue weighted by Crippen LogP contribution is -2.45. The highest BCUT2D eigenvalue weighted by Crippen LogP contribution is 2.41. The van der Waals surface area contributed by atoms with Gasteiger partial charge in [0.1, 0.15) is 35.9 Å². The number of pyridine rings is 1. The van der Waals surface area contributed by atoms with Crippen molar-refractivity contribution in [3.63, 3.8) is 0 Å². The number of ether oxygens (including phenoxy) is 2. The van der Waals surface area contributed by atoms with Gasteiger partial charge < -0.3 is 14.6 Å². The molecule has 0 radical (unpaired) electrons. The Hall–Kier alpha value is -3.33. The SMILES string of the molecule is COc1ccc2ncc(C)c(C(F)CCC3(C(=O)O)CCN(CCOc4cc(F)cc(F)c4)CC3)c2c1. The van der Waals surface area contributed by atoms with Crippen molar-refractivity contribution in [3.8, 4) is 11.5 Å². The molecule has 0 bridgehead atoms. The monoisotopic (exact) mass is 516 g/mol. The number of rotatable bonds is 10. The first-order valence-electron chi connectivity index (χ1n) is 12.3. The van der Waals surface area contributed by atoms with Gasteiger partial charge in [-0.1, -0.05) is 0 Å². The third-order valence-electron chi connectivity index (χ3n) is 7.28. The Morgan fingerprint density at radius 1 is 1.14 bits per heavy atom. The molecule has 1 atom stereocenters. The van der Waals surface area contributed by atoms with Crippen LogP contribution in [-0.2, 0) is 4.79 Å². The molecule has 1 saturated heterocycles. The number of methoxy groups -OCH3 is 1. The highest BCUT2D eigenvalue weighted by molar-refractivity contribution is 5.85. The highest BCUT2D eigenvalue weighted by Gasteiger charge is 2.41. The number of carboxylic acid groups (broad SMARTS) is 1. The number of piperidine rings is 1. The lowest BCUT2D eigenvalue weighted by atomic mass is 9.74. The number of carboxylic acids is 1. The van der Waals surface area contributed by atoms with Gasteiger partial charge >= 0.3 is 5.97 Å². The van der Waals surface area contributed by atoms with Crippen molar-refractivity contribution in [1.29, 1.82) is 0 Å². The van der Waals surface area contributed by atoms with E-state index in [2.05, 4.69) is 9.88 Å². The predicted octanol–water partition coefficient (Wildman–Crippen LogP) is 5.87. The molecular weight excluding hydrogens is 485 g/mol. The summed E-state index contributed by atoms with van der Waals surface area (Å²) in [5.74, 6) is -1.61. The summed E-state index contributed by atoms with van der Waals surface area (Å²) >= 11 is 0. The van der Waals surface area contributed by atoms with Crippen LogP contribution in [0.15, 0.2) is 42.6 Å². The molecule has 2 heterocycles. The maximum absolute atomic E-state index is 15.7. The number of halogens is 3. The predicted molar refractivity (Wildman–Crippen MR) is 134 cm³/mol. The number of hydrogen-bond donors (Lipinski definition) is 1. The third kappa shape index (κ3) is 6.15. The number of aromatic nitrogens is 1. The van der Waals surface area contributed by atoms with Crippen LogP contribution in [0.1, 0.15) is 43.0 Å². The van der Waals surface area contributed by atoms with Crippen LogP contribution in [0.5, 0.6) is 11.5 Å². The van der Waals surface area contributed by atoms with Crippen LogP contribution in [0.3, 0.4) is 0 Å². The zero-order chi connectivity index (χ0) is 26.6. The van der Waals surface area contributed by atoms with Crippen molar-refractivity contribution in [1.82, 2.24) is 9.88 Å². The molecule has 4 rings (SSSR count). The second kappa shape index (κ2) is 11.4. The van der Waals surface area contributed by atoms with Gasteiger partial charge in [-0.25, -0.2) is 13.2 Å². The average molecular weight is 517 g/mol. The molecule has 1 aliphatic rings. The van der Waals surface area contributed by atoms with Gasteiger partial charge in [-0.3, -0.25) is 14.7 Å². The molecule has 6 nitrogen and oxygen atoms in total. The Bertz CT molecular complexity index is 1240. The van der Waals surface area contributed by atoms with E-state index in [1.54, 1.807) is 38.4 Å². The first-order valence-corrected chi connectivity index (χ1v) is 12.3. The molecule has 1 aliphatic heterocycles. The number of hydrogen-bond acceptors (Lipinski definition) is 5. The molecule has 0 saturated carbocycles. The van der Waals surface area contributed by atoms with E-state index in [1.807, 2.05) is 0 Å². The van der Waals surface area contributed by atoms with Crippen LogP contribution in [0.25, 0.3) is 10.9 Å². The summed E-state index contributed by atoms with van der Waals surface area (Å²) in [6.07, 6.45) is 1.36.